The lowest BCUT2D eigenvalue weighted by molar-refractivity contribution is 0.419. The zero-order valence-corrected chi connectivity index (χ0v) is 11.7. The molecule has 2 aromatic rings. The van der Waals surface area contributed by atoms with Gasteiger partial charge in [-0.15, -0.1) is 0 Å². The van der Waals surface area contributed by atoms with Crippen molar-refractivity contribution in [2.45, 2.75) is 11.6 Å². The monoisotopic (exact) mass is 330 g/mol. The van der Waals surface area contributed by atoms with E-state index < -0.39 is 10.0 Å². The van der Waals surface area contributed by atoms with Gasteiger partial charge in [0.15, 0.2) is 0 Å². The average molecular weight is 331 g/mol. The van der Waals surface area contributed by atoms with E-state index in [1.165, 1.54) is 6.07 Å². The quantitative estimate of drug-likeness (QED) is 0.900. The van der Waals surface area contributed by atoms with E-state index in [1.807, 2.05) is 24.3 Å². The molecule has 0 radical (unpaired) electrons. The molecule has 5 nitrogen and oxygen atoms in total. The summed E-state index contributed by atoms with van der Waals surface area (Å²) in [6.07, 6.45) is 0. The third kappa shape index (κ3) is 3.34. The Bertz CT molecular complexity index is 635. The zero-order chi connectivity index (χ0) is 13.2. The molecule has 0 amide bonds. The van der Waals surface area contributed by atoms with Crippen molar-refractivity contribution in [3.05, 3.63) is 46.6 Å². The van der Waals surface area contributed by atoms with Gasteiger partial charge in [-0.1, -0.05) is 15.9 Å². The van der Waals surface area contributed by atoms with E-state index in [9.17, 15) is 8.42 Å². The Morgan fingerprint density at radius 1 is 1.17 bits per heavy atom. The van der Waals surface area contributed by atoms with Crippen molar-refractivity contribution in [1.29, 1.82) is 0 Å². The molecule has 1 heterocycles. The fourth-order valence-electron chi connectivity index (χ4n) is 1.36. The molecule has 3 N–H and O–H groups in total. The Labute approximate surface area is 113 Å². The molecule has 2 rings (SSSR count). The minimum Gasteiger partial charge on any atom is -0.446 e. The molecule has 0 saturated heterocycles. The SMILES string of the molecule is NS(=O)(=O)c1ccc(CNc2ccc(Br)cc2)o1. The third-order valence-corrected chi connectivity index (χ3v) is 3.54. The van der Waals surface area contributed by atoms with Crippen molar-refractivity contribution in [2.24, 2.45) is 5.14 Å². The standard InChI is InChI=1S/C11H11BrN2O3S/c12-8-1-3-9(4-2-8)14-7-10-5-6-11(17-10)18(13,15)16/h1-6,14H,7H2,(H2,13,15,16). The molecule has 7 heteroatoms. The maximum absolute atomic E-state index is 11.0. The lowest BCUT2D eigenvalue weighted by Crippen LogP contribution is -2.10. The first-order valence-electron chi connectivity index (χ1n) is 5.06. The lowest BCUT2D eigenvalue weighted by Gasteiger charge is -2.03. The molecule has 0 unspecified atom stereocenters. The number of nitrogens with two attached hydrogens (primary N) is 1. The minimum atomic E-state index is -3.77. The van der Waals surface area contributed by atoms with Gasteiger partial charge in [0, 0.05) is 10.2 Å². The molecule has 0 aliphatic carbocycles. The fraction of sp³-hybridized carbons (Fsp3) is 0.0909. The topological polar surface area (TPSA) is 85.3 Å². The highest BCUT2D eigenvalue weighted by atomic mass is 79.9. The summed E-state index contributed by atoms with van der Waals surface area (Å²) >= 11 is 3.34. The van der Waals surface area contributed by atoms with Gasteiger partial charge >= 0.3 is 0 Å². The summed E-state index contributed by atoms with van der Waals surface area (Å²) in [5.74, 6) is 0.502. The molecular weight excluding hydrogens is 320 g/mol. The van der Waals surface area contributed by atoms with E-state index in [-0.39, 0.29) is 5.09 Å². The van der Waals surface area contributed by atoms with Crippen molar-refractivity contribution in [3.63, 3.8) is 0 Å². The molecule has 0 fully saturated rings. The first-order valence-corrected chi connectivity index (χ1v) is 7.40. The zero-order valence-electron chi connectivity index (χ0n) is 9.26. The largest absolute Gasteiger partial charge is 0.446 e. The molecule has 0 bridgehead atoms. The van der Waals surface area contributed by atoms with Crippen LogP contribution in [0.5, 0.6) is 0 Å². The Morgan fingerprint density at radius 2 is 1.83 bits per heavy atom. The Hall–Kier alpha value is -1.31. The van der Waals surface area contributed by atoms with E-state index in [1.54, 1.807) is 6.07 Å². The molecule has 1 aromatic heterocycles. The number of sulfonamides is 1. The number of nitrogens with one attached hydrogen (secondary N) is 1. The second-order valence-corrected chi connectivity index (χ2v) is 6.03. The van der Waals surface area contributed by atoms with Crippen LogP contribution in [0.15, 0.2) is 50.4 Å². The normalized spacial score (nSPS) is 11.4. The number of furan rings is 1. The predicted molar refractivity (Wildman–Crippen MR) is 71.5 cm³/mol. The summed E-state index contributed by atoms with van der Waals surface area (Å²) in [7, 11) is -3.77. The van der Waals surface area contributed by atoms with Crippen LogP contribution in [0.2, 0.25) is 0 Å². The van der Waals surface area contributed by atoms with E-state index in [2.05, 4.69) is 21.2 Å². The predicted octanol–water partition coefficient (Wildman–Crippen LogP) is 2.30. The van der Waals surface area contributed by atoms with E-state index in [4.69, 9.17) is 9.56 Å². The highest BCUT2D eigenvalue weighted by molar-refractivity contribution is 9.10. The van der Waals surface area contributed by atoms with Crippen LogP contribution in [0.3, 0.4) is 0 Å². The third-order valence-electron chi connectivity index (χ3n) is 2.23. The molecule has 1 aromatic carbocycles. The Balaban J connectivity index is 2.03. The van der Waals surface area contributed by atoms with Gasteiger partial charge in [-0.05, 0) is 36.4 Å². The molecule has 96 valence electrons. The van der Waals surface area contributed by atoms with Crippen LogP contribution in [0.4, 0.5) is 5.69 Å². The van der Waals surface area contributed by atoms with E-state index in [0.29, 0.717) is 12.3 Å². The van der Waals surface area contributed by atoms with Gasteiger partial charge in [-0.25, -0.2) is 13.6 Å². The molecular formula is C11H11BrN2O3S. The molecule has 0 spiro atoms. The number of benzene rings is 1. The van der Waals surface area contributed by atoms with E-state index >= 15 is 0 Å². The van der Waals surface area contributed by atoms with Gasteiger partial charge in [-0.3, -0.25) is 0 Å². The maximum Gasteiger partial charge on any atom is 0.271 e. The van der Waals surface area contributed by atoms with Gasteiger partial charge in [0.05, 0.1) is 6.54 Å². The number of hydrogen-bond acceptors (Lipinski definition) is 4. The van der Waals surface area contributed by atoms with Crippen molar-refractivity contribution in [1.82, 2.24) is 0 Å². The van der Waals surface area contributed by atoms with Gasteiger partial charge < -0.3 is 9.73 Å². The highest BCUT2D eigenvalue weighted by Gasteiger charge is 2.12. The average Bonchev–Trinajstić information content (AvgIpc) is 2.77. The number of rotatable bonds is 4. The van der Waals surface area contributed by atoms with Crippen LogP contribution in [-0.2, 0) is 16.6 Å². The van der Waals surface area contributed by atoms with Crippen LogP contribution >= 0.6 is 15.9 Å². The molecule has 0 aliphatic heterocycles. The maximum atomic E-state index is 11.0. The smallest absolute Gasteiger partial charge is 0.271 e. The lowest BCUT2D eigenvalue weighted by atomic mass is 10.3. The number of primary sulfonamides is 1. The molecule has 18 heavy (non-hydrogen) atoms. The molecule has 0 saturated carbocycles. The number of anilines is 1. The summed E-state index contributed by atoms with van der Waals surface area (Å²) in [6.45, 7) is 0.386. The van der Waals surface area contributed by atoms with Crippen molar-refractivity contribution in [2.75, 3.05) is 5.32 Å². The molecule has 0 aliphatic rings. The van der Waals surface area contributed by atoms with Crippen LogP contribution < -0.4 is 10.5 Å². The Kier molecular flexibility index (Phi) is 3.74. The Morgan fingerprint density at radius 3 is 2.39 bits per heavy atom. The second kappa shape index (κ2) is 5.13. The second-order valence-electron chi connectivity index (χ2n) is 3.63. The highest BCUT2D eigenvalue weighted by Crippen LogP contribution is 2.16. The van der Waals surface area contributed by atoms with Gasteiger partial charge in [0.1, 0.15) is 5.76 Å². The minimum absolute atomic E-state index is 0.227. The summed E-state index contributed by atoms with van der Waals surface area (Å²) in [5, 5.41) is 7.82. The summed E-state index contributed by atoms with van der Waals surface area (Å²) < 4.78 is 28.1. The van der Waals surface area contributed by atoms with Crippen LogP contribution in [0.1, 0.15) is 5.76 Å². The van der Waals surface area contributed by atoms with Gasteiger partial charge in [0.25, 0.3) is 10.0 Å². The first kappa shape index (κ1) is 13.1. The summed E-state index contributed by atoms with van der Waals surface area (Å²) in [6, 6.07) is 10.5. The van der Waals surface area contributed by atoms with E-state index in [0.717, 1.165) is 10.2 Å². The first-order chi connectivity index (χ1) is 8.45. The van der Waals surface area contributed by atoms with Crippen LogP contribution in [-0.4, -0.2) is 8.42 Å². The fourth-order valence-corrected chi connectivity index (χ4v) is 2.11. The van der Waals surface area contributed by atoms with Gasteiger partial charge in [-0.2, -0.15) is 0 Å². The number of hydrogen-bond donors (Lipinski definition) is 2. The van der Waals surface area contributed by atoms with Crippen LogP contribution in [0, 0.1) is 0 Å². The van der Waals surface area contributed by atoms with Crippen molar-refractivity contribution in [3.8, 4) is 0 Å². The van der Waals surface area contributed by atoms with Crippen LogP contribution in [0.25, 0.3) is 0 Å². The summed E-state index contributed by atoms with van der Waals surface area (Å²) in [4.78, 5) is 0. The number of halogens is 1. The van der Waals surface area contributed by atoms with Crippen molar-refractivity contribution >= 4 is 31.6 Å². The summed E-state index contributed by atoms with van der Waals surface area (Å²) in [5.41, 5.74) is 0.909. The molecule has 0 atom stereocenters. The van der Waals surface area contributed by atoms with Gasteiger partial charge in [0.2, 0.25) is 5.09 Å². The van der Waals surface area contributed by atoms with Crippen molar-refractivity contribution < 1.29 is 12.8 Å².